The highest BCUT2D eigenvalue weighted by Gasteiger charge is 2.09. The first-order chi connectivity index (χ1) is 15.4. The summed E-state index contributed by atoms with van der Waals surface area (Å²) < 4.78 is 6.71. The first kappa shape index (κ1) is 21.0. The van der Waals surface area contributed by atoms with Crippen molar-refractivity contribution in [2.45, 2.75) is 6.92 Å². The van der Waals surface area contributed by atoms with Crippen LogP contribution in [0.25, 0.3) is 10.9 Å². The molecule has 0 aliphatic carbocycles. The molecule has 32 heavy (non-hydrogen) atoms. The molecule has 0 fully saturated rings. The number of hydrogen-bond donors (Lipinski definition) is 0. The summed E-state index contributed by atoms with van der Waals surface area (Å²) in [7, 11) is 3.87. The smallest absolute Gasteiger partial charge is 0.343 e. The number of anilines is 1. The fourth-order valence-corrected chi connectivity index (χ4v) is 3.18. The van der Waals surface area contributed by atoms with E-state index in [4.69, 9.17) is 4.74 Å². The van der Waals surface area contributed by atoms with E-state index in [1.807, 2.05) is 37.2 Å². The van der Waals surface area contributed by atoms with Crippen molar-refractivity contribution in [2.75, 3.05) is 19.0 Å². The minimum absolute atomic E-state index is 0.227. The summed E-state index contributed by atoms with van der Waals surface area (Å²) in [4.78, 5) is 31.4. The molecule has 0 atom stereocenters. The molecule has 1 aromatic heterocycles. The van der Waals surface area contributed by atoms with Crippen LogP contribution in [0.4, 0.5) is 5.69 Å². The standard InChI is InChI=1S/C25H22N4O3/c1-17-27-23-7-5-4-6-22(23)24(30)29(17)26-16-18-8-14-21(15-9-18)32-25(31)19-10-12-20(13-11-19)28(2)3/h4-16H,1-3H3/b26-16-. The molecule has 0 saturated carbocycles. The van der Waals surface area contributed by atoms with E-state index < -0.39 is 5.97 Å². The second kappa shape index (κ2) is 8.85. The zero-order valence-electron chi connectivity index (χ0n) is 18.0. The molecule has 0 aliphatic heterocycles. The highest BCUT2D eigenvalue weighted by Crippen LogP contribution is 2.16. The van der Waals surface area contributed by atoms with Gasteiger partial charge in [-0.3, -0.25) is 4.79 Å². The monoisotopic (exact) mass is 426 g/mol. The van der Waals surface area contributed by atoms with Crippen molar-refractivity contribution in [1.29, 1.82) is 0 Å². The molecule has 0 spiro atoms. The van der Waals surface area contributed by atoms with Crippen molar-refractivity contribution >= 4 is 28.8 Å². The molecule has 0 bridgehead atoms. The van der Waals surface area contributed by atoms with Crippen molar-refractivity contribution in [1.82, 2.24) is 9.66 Å². The molecular formula is C25H22N4O3. The molecule has 0 saturated heterocycles. The van der Waals surface area contributed by atoms with Gasteiger partial charge < -0.3 is 9.64 Å². The lowest BCUT2D eigenvalue weighted by atomic mass is 10.2. The number of nitrogens with zero attached hydrogens (tertiary/aromatic N) is 4. The third kappa shape index (κ3) is 4.41. The molecule has 4 rings (SSSR count). The van der Waals surface area contributed by atoms with E-state index in [1.54, 1.807) is 67.7 Å². The van der Waals surface area contributed by atoms with Crippen LogP contribution in [0.1, 0.15) is 21.7 Å². The van der Waals surface area contributed by atoms with Gasteiger partial charge in [0.15, 0.2) is 0 Å². The predicted molar refractivity (Wildman–Crippen MR) is 126 cm³/mol. The molecule has 0 radical (unpaired) electrons. The highest BCUT2D eigenvalue weighted by atomic mass is 16.5. The lowest BCUT2D eigenvalue weighted by Gasteiger charge is -2.12. The van der Waals surface area contributed by atoms with Crippen LogP contribution in [0.2, 0.25) is 0 Å². The van der Waals surface area contributed by atoms with Gasteiger partial charge in [-0.2, -0.15) is 9.78 Å². The first-order valence-electron chi connectivity index (χ1n) is 10.0. The van der Waals surface area contributed by atoms with Crippen LogP contribution in [0.5, 0.6) is 5.75 Å². The van der Waals surface area contributed by atoms with Gasteiger partial charge in [-0.05, 0) is 73.2 Å². The number of ether oxygens (including phenoxy) is 1. The SMILES string of the molecule is Cc1nc2ccccc2c(=O)n1/N=C\c1ccc(OC(=O)c2ccc(N(C)C)cc2)cc1. The zero-order chi connectivity index (χ0) is 22.7. The number of fused-ring (bicyclic) bond motifs is 1. The minimum atomic E-state index is -0.430. The number of carbonyl (C=O) groups excluding carboxylic acids is 1. The fourth-order valence-electron chi connectivity index (χ4n) is 3.18. The lowest BCUT2D eigenvalue weighted by molar-refractivity contribution is 0.0735. The van der Waals surface area contributed by atoms with Crippen molar-refractivity contribution in [3.63, 3.8) is 0 Å². The van der Waals surface area contributed by atoms with Gasteiger partial charge in [-0.15, -0.1) is 0 Å². The molecule has 7 heteroatoms. The molecule has 1 heterocycles. The van der Waals surface area contributed by atoms with E-state index in [1.165, 1.54) is 4.68 Å². The van der Waals surface area contributed by atoms with E-state index in [0.29, 0.717) is 28.0 Å². The van der Waals surface area contributed by atoms with Gasteiger partial charge in [0, 0.05) is 19.8 Å². The van der Waals surface area contributed by atoms with Crippen LogP contribution < -0.4 is 15.2 Å². The molecule has 0 aliphatic rings. The Balaban J connectivity index is 1.48. The predicted octanol–water partition coefficient (Wildman–Crippen LogP) is 3.87. The lowest BCUT2D eigenvalue weighted by Crippen LogP contribution is -2.20. The van der Waals surface area contributed by atoms with Crippen LogP contribution >= 0.6 is 0 Å². The summed E-state index contributed by atoms with van der Waals surface area (Å²) in [6, 6.07) is 21.2. The summed E-state index contributed by atoms with van der Waals surface area (Å²) in [6.07, 6.45) is 1.57. The quantitative estimate of drug-likeness (QED) is 0.275. The van der Waals surface area contributed by atoms with Gasteiger partial charge in [0.05, 0.1) is 22.7 Å². The van der Waals surface area contributed by atoms with E-state index in [9.17, 15) is 9.59 Å². The Morgan fingerprint density at radius 2 is 1.69 bits per heavy atom. The van der Waals surface area contributed by atoms with E-state index in [2.05, 4.69) is 10.1 Å². The Morgan fingerprint density at radius 1 is 1.00 bits per heavy atom. The van der Waals surface area contributed by atoms with Crippen LogP contribution in [0, 0.1) is 6.92 Å². The van der Waals surface area contributed by atoms with Gasteiger partial charge >= 0.3 is 5.97 Å². The first-order valence-corrected chi connectivity index (χ1v) is 10.0. The Bertz CT molecular complexity index is 1360. The minimum Gasteiger partial charge on any atom is -0.423 e. The second-order valence-corrected chi connectivity index (χ2v) is 7.44. The Kier molecular flexibility index (Phi) is 5.81. The molecule has 7 nitrogen and oxygen atoms in total. The van der Waals surface area contributed by atoms with Gasteiger partial charge in [0.1, 0.15) is 11.6 Å². The highest BCUT2D eigenvalue weighted by molar-refractivity contribution is 5.91. The van der Waals surface area contributed by atoms with Crippen LogP contribution in [-0.2, 0) is 0 Å². The van der Waals surface area contributed by atoms with Gasteiger partial charge in [-0.1, -0.05) is 12.1 Å². The Hall–Kier alpha value is -4.26. The molecule has 3 aromatic carbocycles. The summed E-state index contributed by atoms with van der Waals surface area (Å²) in [5.41, 5.74) is 2.64. The normalized spacial score (nSPS) is 11.1. The average molecular weight is 426 g/mol. The number of benzene rings is 3. The maximum absolute atomic E-state index is 12.7. The summed E-state index contributed by atoms with van der Waals surface area (Å²) in [6.45, 7) is 1.73. The van der Waals surface area contributed by atoms with E-state index in [0.717, 1.165) is 11.3 Å². The third-order valence-electron chi connectivity index (χ3n) is 4.95. The fraction of sp³-hybridized carbons (Fsp3) is 0.120. The molecule has 0 amide bonds. The van der Waals surface area contributed by atoms with Gasteiger partial charge in [0.25, 0.3) is 5.56 Å². The maximum atomic E-state index is 12.7. The number of hydrogen-bond acceptors (Lipinski definition) is 6. The van der Waals surface area contributed by atoms with Crippen LogP contribution in [0.3, 0.4) is 0 Å². The molecule has 0 N–H and O–H groups in total. The average Bonchev–Trinajstić information content (AvgIpc) is 2.80. The maximum Gasteiger partial charge on any atom is 0.343 e. The number of para-hydroxylation sites is 1. The van der Waals surface area contributed by atoms with E-state index >= 15 is 0 Å². The molecular weight excluding hydrogens is 404 g/mol. The third-order valence-corrected chi connectivity index (χ3v) is 4.95. The number of rotatable bonds is 5. The van der Waals surface area contributed by atoms with Crippen molar-refractivity contribution < 1.29 is 9.53 Å². The Morgan fingerprint density at radius 3 is 2.38 bits per heavy atom. The number of esters is 1. The summed E-state index contributed by atoms with van der Waals surface area (Å²) in [5, 5.41) is 4.80. The van der Waals surface area contributed by atoms with E-state index in [-0.39, 0.29) is 5.56 Å². The zero-order valence-corrected chi connectivity index (χ0v) is 18.0. The summed E-state index contributed by atoms with van der Waals surface area (Å²) >= 11 is 0. The van der Waals surface area contributed by atoms with Gasteiger partial charge in [-0.25, -0.2) is 9.78 Å². The summed E-state index contributed by atoms with van der Waals surface area (Å²) in [5.74, 6) is 0.487. The van der Waals surface area contributed by atoms with Crippen molar-refractivity contribution in [3.8, 4) is 5.75 Å². The molecule has 160 valence electrons. The van der Waals surface area contributed by atoms with Crippen LogP contribution in [0.15, 0.2) is 82.7 Å². The number of aromatic nitrogens is 2. The van der Waals surface area contributed by atoms with Crippen molar-refractivity contribution in [3.05, 3.63) is 100 Å². The largest absolute Gasteiger partial charge is 0.423 e. The molecule has 4 aromatic rings. The van der Waals surface area contributed by atoms with Crippen molar-refractivity contribution in [2.24, 2.45) is 5.10 Å². The number of carbonyl (C=O) groups is 1. The van der Waals surface area contributed by atoms with Gasteiger partial charge in [0.2, 0.25) is 0 Å². The van der Waals surface area contributed by atoms with Crippen LogP contribution in [-0.4, -0.2) is 35.9 Å². The molecule has 0 unspecified atom stereocenters. The number of aryl methyl sites for hydroxylation is 1. The second-order valence-electron chi connectivity index (χ2n) is 7.44. The topological polar surface area (TPSA) is 76.8 Å². The Labute approximate surface area is 185 Å².